The van der Waals surface area contributed by atoms with Gasteiger partial charge >= 0.3 is 0 Å². The highest BCUT2D eigenvalue weighted by Gasteiger charge is 2.27. The van der Waals surface area contributed by atoms with Gasteiger partial charge in [0, 0.05) is 37.3 Å². The first-order valence-corrected chi connectivity index (χ1v) is 12.2. The van der Waals surface area contributed by atoms with Crippen LogP contribution in [-0.2, 0) is 39.3 Å². The summed E-state index contributed by atoms with van der Waals surface area (Å²) < 4.78 is 17.0. The summed E-state index contributed by atoms with van der Waals surface area (Å²) in [7, 11) is 4.14. The number of likely N-dealkylation sites (N-methyl/N-ethyl adjacent to an activating group) is 1. The molecular weight excluding hydrogens is 437 g/mol. The van der Waals surface area contributed by atoms with E-state index in [0.717, 1.165) is 48.0 Å². The van der Waals surface area contributed by atoms with Crippen molar-refractivity contribution in [2.45, 2.75) is 44.7 Å². The zero-order chi connectivity index (χ0) is 22.9. The van der Waals surface area contributed by atoms with Gasteiger partial charge in [-0.1, -0.05) is 12.1 Å². The van der Waals surface area contributed by atoms with Gasteiger partial charge in [-0.25, -0.2) is 9.37 Å². The Hall–Kier alpha value is -2.84. The van der Waals surface area contributed by atoms with Crippen molar-refractivity contribution in [2.75, 3.05) is 13.6 Å². The molecule has 0 bridgehead atoms. The van der Waals surface area contributed by atoms with Crippen molar-refractivity contribution in [3.63, 3.8) is 0 Å². The van der Waals surface area contributed by atoms with Gasteiger partial charge in [-0.3, -0.25) is 14.0 Å². The fraction of sp³-hybridized carbons (Fsp3) is 0.400. The van der Waals surface area contributed by atoms with Crippen molar-refractivity contribution in [1.29, 1.82) is 0 Å². The molecule has 1 atom stereocenters. The van der Waals surface area contributed by atoms with Gasteiger partial charge in [0.25, 0.3) is 5.56 Å². The Morgan fingerprint density at radius 2 is 2.15 bits per heavy atom. The van der Waals surface area contributed by atoms with Crippen molar-refractivity contribution in [3.8, 4) is 0 Å². The molecule has 0 aliphatic heterocycles. The number of benzene rings is 1. The zero-order valence-corrected chi connectivity index (χ0v) is 19.8. The van der Waals surface area contributed by atoms with Gasteiger partial charge in [-0.05, 0) is 68.0 Å². The second-order valence-electron chi connectivity index (χ2n) is 8.96. The summed E-state index contributed by atoms with van der Waals surface area (Å²) >= 11 is 1.66. The number of nitrogens with zero attached hydrogens (tertiary/aromatic N) is 5. The van der Waals surface area contributed by atoms with E-state index in [-0.39, 0.29) is 11.4 Å². The second-order valence-corrected chi connectivity index (χ2v) is 10.0. The second kappa shape index (κ2) is 9.19. The number of fused-ring (bicyclic) bond motifs is 3. The van der Waals surface area contributed by atoms with Gasteiger partial charge in [-0.15, -0.1) is 11.3 Å². The normalized spacial score (nSPS) is 15.9. The van der Waals surface area contributed by atoms with Crippen LogP contribution in [0.15, 0.2) is 47.8 Å². The van der Waals surface area contributed by atoms with Crippen LogP contribution < -0.4 is 5.56 Å². The zero-order valence-electron chi connectivity index (χ0n) is 19.0. The number of hydrogen-bond acceptors (Lipinski definition) is 5. The highest BCUT2D eigenvalue weighted by molar-refractivity contribution is 7.18. The molecule has 0 radical (unpaired) electrons. The minimum Gasteiger partial charge on any atom is -0.303 e. The van der Waals surface area contributed by atoms with Crippen molar-refractivity contribution in [1.82, 2.24) is 24.2 Å². The van der Waals surface area contributed by atoms with E-state index in [4.69, 9.17) is 0 Å². The standard InChI is InChI=1S/C25H28FN5OS/c1-29(10-8-18-14-28-30(2)15-18)20-6-7-21-22(13-20)33-24-23(21)25(32)31(16-27-24)11-9-17-4-3-5-19(26)12-17/h3-5,12,14-16,20H,6-11,13H2,1-2H3/t20-/m1/s1. The molecule has 0 unspecified atom stereocenters. The van der Waals surface area contributed by atoms with Gasteiger partial charge in [0.15, 0.2) is 0 Å². The average Bonchev–Trinajstić information content (AvgIpc) is 3.39. The molecule has 0 saturated heterocycles. The molecule has 1 aromatic carbocycles. The lowest BCUT2D eigenvalue weighted by Crippen LogP contribution is -2.37. The quantitative estimate of drug-likeness (QED) is 0.419. The number of halogens is 1. The highest BCUT2D eigenvalue weighted by atomic mass is 32.1. The van der Waals surface area contributed by atoms with Crippen molar-refractivity contribution >= 4 is 21.6 Å². The maximum Gasteiger partial charge on any atom is 0.262 e. The molecule has 6 nitrogen and oxygen atoms in total. The maximum atomic E-state index is 13.5. The molecular formula is C25H28FN5OS. The number of aryl methyl sites for hydroxylation is 4. The Balaban J connectivity index is 1.30. The van der Waals surface area contributed by atoms with Crippen LogP contribution >= 0.6 is 11.3 Å². The number of aromatic nitrogens is 4. The molecule has 0 amide bonds. The molecule has 0 saturated carbocycles. The minimum atomic E-state index is -0.250. The summed E-state index contributed by atoms with van der Waals surface area (Å²) in [6.45, 7) is 1.48. The maximum absolute atomic E-state index is 13.5. The third kappa shape index (κ3) is 4.63. The highest BCUT2D eigenvalue weighted by Crippen LogP contribution is 2.34. The summed E-state index contributed by atoms with van der Waals surface area (Å²) in [6, 6.07) is 7.02. The molecule has 172 valence electrons. The van der Waals surface area contributed by atoms with Crippen molar-refractivity contribution in [3.05, 3.63) is 80.7 Å². The smallest absolute Gasteiger partial charge is 0.262 e. The van der Waals surface area contributed by atoms with Crippen molar-refractivity contribution < 1.29 is 4.39 Å². The van der Waals surface area contributed by atoms with Gasteiger partial charge in [0.1, 0.15) is 10.6 Å². The van der Waals surface area contributed by atoms with Crippen LogP contribution in [0.1, 0.15) is 28.0 Å². The fourth-order valence-corrected chi connectivity index (χ4v) is 6.00. The molecule has 8 heteroatoms. The minimum absolute atomic E-state index is 0.0253. The Morgan fingerprint density at radius 1 is 1.27 bits per heavy atom. The Bertz CT molecular complexity index is 1340. The van der Waals surface area contributed by atoms with Crippen LogP contribution in [0.2, 0.25) is 0 Å². The van der Waals surface area contributed by atoms with Crippen LogP contribution in [-0.4, -0.2) is 43.9 Å². The molecule has 3 aromatic heterocycles. The molecule has 1 aliphatic rings. The van der Waals surface area contributed by atoms with E-state index in [9.17, 15) is 9.18 Å². The predicted octanol–water partition coefficient (Wildman–Crippen LogP) is 3.61. The topological polar surface area (TPSA) is 56.0 Å². The number of rotatable bonds is 7. The Labute approximate surface area is 196 Å². The van der Waals surface area contributed by atoms with E-state index in [0.29, 0.717) is 19.0 Å². The van der Waals surface area contributed by atoms with Gasteiger partial charge in [0.2, 0.25) is 0 Å². The number of hydrogen-bond donors (Lipinski definition) is 0. The summed E-state index contributed by atoms with van der Waals surface area (Å²) in [5, 5.41) is 5.04. The lowest BCUT2D eigenvalue weighted by Gasteiger charge is -2.31. The first-order valence-electron chi connectivity index (χ1n) is 11.4. The first kappa shape index (κ1) is 22.0. The van der Waals surface area contributed by atoms with E-state index >= 15 is 0 Å². The summed E-state index contributed by atoms with van der Waals surface area (Å²) in [5.41, 5.74) is 3.35. The van der Waals surface area contributed by atoms with E-state index in [1.54, 1.807) is 28.3 Å². The fourth-order valence-electron chi connectivity index (χ4n) is 4.75. The lowest BCUT2D eigenvalue weighted by atomic mass is 9.92. The number of thiophene rings is 1. The van der Waals surface area contributed by atoms with Gasteiger partial charge < -0.3 is 4.90 Å². The van der Waals surface area contributed by atoms with E-state index < -0.39 is 0 Å². The monoisotopic (exact) mass is 465 g/mol. The van der Waals surface area contributed by atoms with Crippen LogP contribution in [0, 0.1) is 5.82 Å². The third-order valence-corrected chi connectivity index (χ3v) is 7.84. The third-order valence-electron chi connectivity index (χ3n) is 6.68. The van der Waals surface area contributed by atoms with Crippen LogP contribution in [0.4, 0.5) is 4.39 Å². The van der Waals surface area contributed by atoms with E-state index in [1.165, 1.54) is 28.1 Å². The molecule has 0 fully saturated rings. The summed E-state index contributed by atoms with van der Waals surface area (Å²) in [4.78, 5) is 22.4. The molecule has 0 spiro atoms. The first-order chi connectivity index (χ1) is 16.0. The lowest BCUT2D eigenvalue weighted by molar-refractivity contribution is 0.226. The molecule has 5 rings (SSSR count). The molecule has 1 aliphatic carbocycles. The van der Waals surface area contributed by atoms with Crippen LogP contribution in [0.5, 0.6) is 0 Å². The van der Waals surface area contributed by atoms with E-state index in [2.05, 4.69) is 28.2 Å². The predicted molar refractivity (Wildman–Crippen MR) is 129 cm³/mol. The van der Waals surface area contributed by atoms with Gasteiger partial charge in [-0.2, -0.15) is 5.10 Å². The molecule has 4 aromatic rings. The van der Waals surface area contributed by atoms with Gasteiger partial charge in [0.05, 0.1) is 17.9 Å². The molecule has 0 N–H and O–H groups in total. The van der Waals surface area contributed by atoms with E-state index in [1.807, 2.05) is 24.0 Å². The molecule has 33 heavy (non-hydrogen) atoms. The Kier molecular flexibility index (Phi) is 6.12. The SMILES string of the molecule is CN(CCc1cnn(C)c1)[C@@H]1CCc2c(sc3ncn(CCc4cccc(F)c4)c(=O)c23)C1. The largest absolute Gasteiger partial charge is 0.303 e. The van der Waals surface area contributed by atoms with Crippen LogP contribution in [0.3, 0.4) is 0 Å². The average molecular weight is 466 g/mol. The molecule has 3 heterocycles. The van der Waals surface area contributed by atoms with Crippen LogP contribution in [0.25, 0.3) is 10.2 Å². The summed E-state index contributed by atoms with van der Waals surface area (Å²) in [6.07, 6.45) is 10.1. The summed E-state index contributed by atoms with van der Waals surface area (Å²) in [5.74, 6) is -0.250. The Morgan fingerprint density at radius 3 is 2.94 bits per heavy atom. The van der Waals surface area contributed by atoms with Crippen molar-refractivity contribution in [2.24, 2.45) is 7.05 Å².